The monoisotopic (exact) mass is 295 g/mol. The lowest BCUT2D eigenvalue weighted by Crippen LogP contribution is -1.96. The van der Waals surface area contributed by atoms with Gasteiger partial charge in [0.1, 0.15) is 5.76 Å². The van der Waals surface area contributed by atoms with E-state index in [1.54, 1.807) is 29.4 Å². The van der Waals surface area contributed by atoms with Crippen molar-refractivity contribution >= 4 is 28.2 Å². The highest BCUT2D eigenvalue weighted by Gasteiger charge is 2.09. The zero-order valence-corrected chi connectivity index (χ0v) is 12.5. The molecule has 0 aliphatic rings. The summed E-state index contributed by atoms with van der Waals surface area (Å²) in [5.74, 6) is 0.892. The second kappa shape index (κ2) is 7.35. The van der Waals surface area contributed by atoms with Gasteiger partial charge in [-0.1, -0.05) is 36.1 Å². The molecule has 2 heterocycles. The molecule has 0 fully saturated rings. The molecule has 19 heavy (non-hydrogen) atoms. The van der Waals surface area contributed by atoms with Crippen LogP contribution in [0.5, 0.6) is 0 Å². The third kappa shape index (κ3) is 4.72. The van der Waals surface area contributed by atoms with Crippen LogP contribution in [0.25, 0.3) is 0 Å². The molecule has 0 saturated carbocycles. The van der Waals surface area contributed by atoms with Gasteiger partial charge in [-0.15, -0.1) is 16.8 Å². The first-order valence-corrected chi connectivity index (χ1v) is 7.85. The summed E-state index contributed by atoms with van der Waals surface area (Å²) in [6, 6.07) is 3.81. The summed E-state index contributed by atoms with van der Waals surface area (Å²) in [7, 11) is 0. The number of nitrogens with zero attached hydrogens (tertiary/aromatic N) is 2. The van der Waals surface area contributed by atoms with Gasteiger partial charge in [-0.3, -0.25) is 0 Å². The van der Waals surface area contributed by atoms with E-state index in [1.807, 2.05) is 18.2 Å². The van der Waals surface area contributed by atoms with E-state index >= 15 is 0 Å². The van der Waals surface area contributed by atoms with E-state index in [1.165, 1.54) is 0 Å². The fourth-order valence-corrected chi connectivity index (χ4v) is 3.57. The van der Waals surface area contributed by atoms with Crippen molar-refractivity contribution in [3.63, 3.8) is 0 Å². The second-order valence-corrected chi connectivity index (χ2v) is 6.76. The Morgan fingerprint density at radius 1 is 1.58 bits per heavy atom. The third-order valence-corrected chi connectivity index (χ3v) is 4.62. The predicted molar refractivity (Wildman–Crippen MR) is 80.7 cm³/mol. The Bertz CT molecular complexity index is 496. The van der Waals surface area contributed by atoms with E-state index in [9.17, 15) is 0 Å². The Kier molecular flexibility index (Phi) is 5.47. The number of hydrogen-bond acceptors (Lipinski definition) is 6. The molecule has 1 N–H and O–H groups in total. The maximum atomic E-state index is 5.25. The molecule has 6 heteroatoms. The van der Waals surface area contributed by atoms with Gasteiger partial charge >= 0.3 is 0 Å². The van der Waals surface area contributed by atoms with Gasteiger partial charge < -0.3 is 9.73 Å². The Hall–Kier alpha value is -1.27. The summed E-state index contributed by atoms with van der Waals surface area (Å²) in [6.45, 7) is 6.58. The summed E-state index contributed by atoms with van der Waals surface area (Å²) >= 11 is 3.34. The van der Waals surface area contributed by atoms with Gasteiger partial charge in [0.25, 0.3) is 0 Å². The van der Waals surface area contributed by atoms with Crippen molar-refractivity contribution in [1.82, 2.24) is 10.2 Å². The van der Waals surface area contributed by atoms with Crippen molar-refractivity contribution in [2.45, 2.75) is 35.9 Å². The largest absolute Gasteiger partial charge is 0.467 e. The number of hydrogen-bond donors (Lipinski definition) is 1. The van der Waals surface area contributed by atoms with Crippen LogP contribution in [-0.2, 0) is 6.54 Å². The molecule has 0 aliphatic heterocycles. The highest BCUT2D eigenvalue weighted by atomic mass is 32.2. The normalized spacial score (nSPS) is 12.3. The van der Waals surface area contributed by atoms with E-state index in [-0.39, 0.29) is 0 Å². The average Bonchev–Trinajstić information content (AvgIpc) is 3.05. The molecule has 0 saturated heterocycles. The summed E-state index contributed by atoms with van der Waals surface area (Å²) in [5, 5.41) is 12.9. The lowest BCUT2D eigenvalue weighted by atomic mass is 10.2. The fourth-order valence-electron chi connectivity index (χ4n) is 1.49. The van der Waals surface area contributed by atoms with Crippen molar-refractivity contribution in [2.24, 2.45) is 0 Å². The Morgan fingerprint density at radius 2 is 2.47 bits per heavy atom. The van der Waals surface area contributed by atoms with E-state index in [4.69, 9.17) is 4.42 Å². The summed E-state index contributed by atoms with van der Waals surface area (Å²) in [4.78, 5) is 0. The van der Waals surface area contributed by atoms with Gasteiger partial charge in [0.2, 0.25) is 5.13 Å². The van der Waals surface area contributed by atoms with E-state index in [0.717, 1.165) is 28.1 Å². The fraction of sp³-hybridized carbons (Fsp3) is 0.385. The molecule has 0 aromatic carbocycles. The van der Waals surface area contributed by atoms with Crippen LogP contribution in [0.4, 0.5) is 5.13 Å². The second-order valence-electron chi connectivity index (χ2n) is 4.10. The van der Waals surface area contributed by atoms with Gasteiger partial charge in [0, 0.05) is 5.25 Å². The van der Waals surface area contributed by atoms with Crippen LogP contribution < -0.4 is 5.32 Å². The lowest BCUT2D eigenvalue weighted by molar-refractivity contribution is 0.518. The highest BCUT2D eigenvalue weighted by Crippen LogP contribution is 2.30. The van der Waals surface area contributed by atoms with E-state index < -0.39 is 0 Å². The zero-order valence-electron chi connectivity index (χ0n) is 10.8. The Morgan fingerprint density at radius 3 is 3.21 bits per heavy atom. The van der Waals surface area contributed by atoms with Gasteiger partial charge in [-0.2, -0.15) is 0 Å². The van der Waals surface area contributed by atoms with Crippen LogP contribution in [0.15, 0.2) is 39.8 Å². The minimum absolute atomic E-state index is 0.531. The first kappa shape index (κ1) is 14.1. The molecule has 0 unspecified atom stereocenters. The van der Waals surface area contributed by atoms with Crippen LogP contribution in [0.3, 0.4) is 0 Å². The number of anilines is 1. The van der Waals surface area contributed by atoms with E-state index in [0.29, 0.717) is 11.8 Å². The lowest BCUT2D eigenvalue weighted by Gasteiger charge is -2.05. The minimum Gasteiger partial charge on any atom is -0.467 e. The first-order valence-electron chi connectivity index (χ1n) is 6.15. The number of thioether (sulfide) groups is 1. The summed E-state index contributed by atoms with van der Waals surface area (Å²) < 4.78 is 6.25. The number of aromatic nitrogens is 2. The molecular weight excluding hydrogens is 278 g/mol. The molecule has 2 rings (SSSR count). The molecule has 0 radical (unpaired) electrons. The SMILES string of the molecule is C=CCC[C@H](C)Sc1nnc(NCc2ccco2)s1. The molecule has 2 aromatic heterocycles. The van der Waals surface area contributed by atoms with Crippen molar-refractivity contribution in [1.29, 1.82) is 0 Å². The van der Waals surface area contributed by atoms with Crippen LogP contribution in [0, 0.1) is 0 Å². The Balaban J connectivity index is 1.79. The van der Waals surface area contributed by atoms with Gasteiger partial charge in [-0.05, 0) is 25.0 Å². The molecule has 102 valence electrons. The summed E-state index contributed by atoms with van der Waals surface area (Å²) in [6.07, 6.45) is 5.77. The third-order valence-electron chi connectivity index (χ3n) is 2.48. The van der Waals surface area contributed by atoms with Crippen LogP contribution in [0.2, 0.25) is 0 Å². The molecule has 0 bridgehead atoms. The smallest absolute Gasteiger partial charge is 0.206 e. The number of nitrogens with one attached hydrogen (secondary N) is 1. The number of rotatable bonds is 8. The molecule has 1 atom stereocenters. The first-order chi connectivity index (χ1) is 9.28. The zero-order chi connectivity index (χ0) is 13.5. The minimum atomic E-state index is 0.531. The van der Waals surface area contributed by atoms with Crippen LogP contribution in [-0.4, -0.2) is 15.4 Å². The molecule has 4 nitrogen and oxygen atoms in total. The maximum absolute atomic E-state index is 5.25. The quantitative estimate of drug-likeness (QED) is 0.584. The maximum Gasteiger partial charge on any atom is 0.206 e. The molecule has 0 aliphatic carbocycles. The van der Waals surface area contributed by atoms with Crippen molar-refractivity contribution in [3.8, 4) is 0 Å². The van der Waals surface area contributed by atoms with Crippen LogP contribution in [0.1, 0.15) is 25.5 Å². The van der Waals surface area contributed by atoms with Gasteiger partial charge in [-0.25, -0.2) is 0 Å². The van der Waals surface area contributed by atoms with Crippen molar-refractivity contribution in [3.05, 3.63) is 36.8 Å². The number of allylic oxidation sites excluding steroid dienone is 1. The molecular formula is C13H17N3OS2. The van der Waals surface area contributed by atoms with Crippen molar-refractivity contribution in [2.75, 3.05) is 5.32 Å². The molecule has 2 aromatic rings. The topological polar surface area (TPSA) is 51.0 Å². The molecule has 0 amide bonds. The van der Waals surface area contributed by atoms with E-state index in [2.05, 4.69) is 29.0 Å². The summed E-state index contributed by atoms with van der Waals surface area (Å²) in [5.41, 5.74) is 0. The Labute approximate surface area is 121 Å². The highest BCUT2D eigenvalue weighted by molar-refractivity contribution is 8.01. The number of furan rings is 1. The molecule has 0 spiro atoms. The van der Waals surface area contributed by atoms with Crippen LogP contribution >= 0.6 is 23.1 Å². The standard InChI is InChI=1S/C13H17N3OS2/c1-3-4-6-10(2)18-13-16-15-12(19-13)14-9-11-7-5-8-17-11/h3,5,7-8,10H,1,4,6,9H2,2H3,(H,14,15)/t10-/m0/s1. The van der Waals surface area contributed by atoms with Crippen molar-refractivity contribution < 1.29 is 4.42 Å². The van der Waals surface area contributed by atoms with Gasteiger partial charge in [0.05, 0.1) is 12.8 Å². The average molecular weight is 295 g/mol. The predicted octanol–water partition coefficient (Wildman–Crippen LogP) is 4.19. The van der Waals surface area contributed by atoms with Gasteiger partial charge in [0.15, 0.2) is 4.34 Å².